The standard InChI is InChI=1S/C14H22N2O2/c1-14(2,18-3)10-13(17)16-9-8-11-4-6-12(15)7-5-11/h4-7H,8-10,15H2,1-3H3,(H,16,17). The number of rotatable bonds is 6. The maximum Gasteiger partial charge on any atom is 0.222 e. The van der Waals surface area contributed by atoms with Gasteiger partial charge in [0.1, 0.15) is 0 Å². The van der Waals surface area contributed by atoms with E-state index in [1.54, 1.807) is 7.11 Å². The Morgan fingerprint density at radius 1 is 1.33 bits per heavy atom. The van der Waals surface area contributed by atoms with Crippen molar-refractivity contribution in [2.24, 2.45) is 0 Å². The molecule has 0 saturated carbocycles. The molecule has 1 rings (SSSR count). The highest BCUT2D eigenvalue weighted by Gasteiger charge is 2.20. The topological polar surface area (TPSA) is 64.3 Å². The lowest BCUT2D eigenvalue weighted by Crippen LogP contribution is -2.34. The third kappa shape index (κ3) is 5.19. The summed E-state index contributed by atoms with van der Waals surface area (Å²) >= 11 is 0. The van der Waals surface area contributed by atoms with E-state index >= 15 is 0 Å². The summed E-state index contributed by atoms with van der Waals surface area (Å²) in [6.45, 7) is 4.42. The zero-order chi connectivity index (χ0) is 13.6. The number of hydrogen-bond acceptors (Lipinski definition) is 3. The van der Waals surface area contributed by atoms with Gasteiger partial charge in [-0.15, -0.1) is 0 Å². The van der Waals surface area contributed by atoms with Crippen molar-refractivity contribution < 1.29 is 9.53 Å². The van der Waals surface area contributed by atoms with E-state index in [0.717, 1.165) is 17.7 Å². The van der Waals surface area contributed by atoms with Gasteiger partial charge in [0.25, 0.3) is 0 Å². The SMILES string of the molecule is COC(C)(C)CC(=O)NCCc1ccc(N)cc1. The Morgan fingerprint density at radius 2 is 1.94 bits per heavy atom. The number of anilines is 1. The third-order valence-corrected chi connectivity index (χ3v) is 2.85. The first-order valence-electron chi connectivity index (χ1n) is 6.09. The molecule has 0 aromatic heterocycles. The fraction of sp³-hybridized carbons (Fsp3) is 0.500. The minimum Gasteiger partial charge on any atom is -0.399 e. The van der Waals surface area contributed by atoms with Crippen molar-refractivity contribution in [2.45, 2.75) is 32.3 Å². The highest BCUT2D eigenvalue weighted by atomic mass is 16.5. The molecule has 4 nitrogen and oxygen atoms in total. The molecular formula is C14H22N2O2. The molecule has 0 bridgehead atoms. The van der Waals surface area contributed by atoms with Gasteiger partial charge in [0.05, 0.1) is 12.0 Å². The molecule has 0 aliphatic carbocycles. The maximum absolute atomic E-state index is 11.7. The molecular weight excluding hydrogens is 228 g/mol. The van der Waals surface area contributed by atoms with Crippen molar-refractivity contribution >= 4 is 11.6 Å². The predicted molar refractivity (Wildman–Crippen MR) is 73.3 cm³/mol. The van der Waals surface area contributed by atoms with Crippen LogP contribution in [-0.2, 0) is 16.0 Å². The Kier molecular flexibility index (Phi) is 5.16. The summed E-state index contributed by atoms with van der Waals surface area (Å²) in [5.41, 5.74) is 7.11. The minimum absolute atomic E-state index is 0.0114. The van der Waals surface area contributed by atoms with Crippen molar-refractivity contribution in [3.8, 4) is 0 Å². The zero-order valence-electron chi connectivity index (χ0n) is 11.3. The molecule has 0 saturated heterocycles. The van der Waals surface area contributed by atoms with Gasteiger partial charge in [0.15, 0.2) is 0 Å². The second-order valence-corrected chi connectivity index (χ2v) is 4.98. The van der Waals surface area contributed by atoms with Crippen LogP contribution in [0.1, 0.15) is 25.8 Å². The lowest BCUT2D eigenvalue weighted by atomic mass is 10.0. The normalized spacial score (nSPS) is 11.3. The Hall–Kier alpha value is -1.55. The Labute approximate surface area is 109 Å². The monoisotopic (exact) mass is 250 g/mol. The van der Waals surface area contributed by atoms with E-state index in [4.69, 9.17) is 10.5 Å². The van der Waals surface area contributed by atoms with Crippen LogP contribution in [0.15, 0.2) is 24.3 Å². The largest absolute Gasteiger partial charge is 0.399 e. The number of nitrogens with two attached hydrogens (primary N) is 1. The summed E-state index contributed by atoms with van der Waals surface area (Å²) < 4.78 is 5.21. The number of nitrogens with one attached hydrogen (secondary N) is 1. The van der Waals surface area contributed by atoms with E-state index in [-0.39, 0.29) is 5.91 Å². The molecule has 0 aliphatic heterocycles. The summed E-state index contributed by atoms with van der Waals surface area (Å²) in [6.07, 6.45) is 1.17. The van der Waals surface area contributed by atoms with Crippen LogP contribution < -0.4 is 11.1 Å². The van der Waals surface area contributed by atoms with Crippen LogP contribution in [-0.4, -0.2) is 25.2 Å². The average Bonchev–Trinajstić information content (AvgIpc) is 2.31. The third-order valence-electron chi connectivity index (χ3n) is 2.85. The van der Waals surface area contributed by atoms with E-state index in [2.05, 4.69) is 5.32 Å². The summed E-state index contributed by atoms with van der Waals surface area (Å²) in [7, 11) is 1.61. The molecule has 4 heteroatoms. The number of ether oxygens (including phenoxy) is 1. The lowest BCUT2D eigenvalue weighted by molar-refractivity contribution is -0.126. The molecule has 0 heterocycles. The van der Waals surface area contributed by atoms with Gasteiger partial charge >= 0.3 is 0 Å². The Bertz CT molecular complexity index is 385. The van der Waals surface area contributed by atoms with E-state index in [1.807, 2.05) is 38.1 Å². The summed E-state index contributed by atoms with van der Waals surface area (Å²) in [4.78, 5) is 11.7. The second-order valence-electron chi connectivity index (χ2n) is 4.98. The van der Waals surface area contributed by atoms with Crippen LogP contribution in [0, 0.1) is 0 Å². The van der Waals surface area contributed by atoms with Crippen molar-refractivity contribution in [3.63, 3.8) is 0 Å². The van der Waals surface area contributed by atoms with Crippen molar-refractivity contribution in [2.75, 3.05) is 19.4 Å². The van der Waals surface area contributed by atoms with Gasteiger partial charge in [-0.25, -0.2) is 0 Å². The first-order valence-corrected chi connectivity index (χ1v) is 6.09. The minimum atomic E-state index is -0.411. The van der Waals surface area contributed by atoms with Gasteiger partial charge in [0, 0.05) is 19.3 Å². The molecule has 1 amide bonds. The number of carbonyl (C=O) groups excluding carboxylic acids is 1. The van der Waals surface area contributed by atoms with Gasteiger partial charge in [-0.3, -0.25) is 4.79 Å². The smallest absolute Gasteiger partial charge is 0.222 e. The zero-order valence-corrected chi connectivity index (χ0v) is 11.3. The first-order chi connectivity index (χ1) is 8.43. The van der Waals surface area contributed by atoms with Crippen molar-refractivity contribution in [1.82, 2.24) is 5.32 Å². The van der Waals surface area contributed by atoms with E-state index in [1.165, 1.54) is 0 Å². The molecule has 0 unspecified atom stereocenters. The van der Waals surface area contributed by atoms with Gasteiger partial charge in [-0.1, -0.05) is 12.1 Å². The number of methoxy groups -OCH3 is 1. The Balaban J connectivity index is 2.29. The molecule has 0 atom stereocenters. The molecule has 0 radical (unpaired) electrons. The van der Waals surface area contributed by atoms with Crippen LogP contribution in [0.25, 0.3) is 0 Å². The number of amides is 1. The second kappa shape index (κ2) is 6.40. The quantitative estimate of drug-likeness (QED) is 0.756. The van der Waals surface area contributed by atoms with E-state index in [0.29, 0.717) is 13.0 Å². The molecule has 0 fully saturated rings. The number of carbonyl (C=O) groups is 1. The molecule has 1 aromatic carbocycles. The predicted octanol–water partition coefficient (Wildman–Crippen LogP) is 1.74. The van der Waals surface area contributed by atoms with Crippen LogP contribution in [0.2, 0.25) is 0 Å². The highest BCUT2D eigenvalue weighted by Crippen LogP contribution is 2.12. The molecule has 0 aliphatic rings. The van der Waals surface area contributed by atoms with Gasteiger partial charge in [0.2, 0.25) is 5.91 Å². The van der Waals surface area contributed by atoms with Gasteiger partial charge in [-0.05, 0) is 38.0 Å². The fourth-order valence-electron chi connectivity index (χ4n) is 1.55. The number of benzene rings is 1. The van der Waals surface area contributed by atoms with Crippen LogP contribution >= 0.6 is 0 Å². The van der Waals surface area contributed by atoms with Crippen LogP contribution in [0.4, 0.5) is 5.69 Å². The molecule has 3 N–H and O–H groups in total. The van der Waals surface area contributed by atoms with Gasteiger partial charge < -0.3 is 15.8 Å². The van der Waals surface area contributed by atoms with Crippen LogP contribution in [0.3, 0.4) is 0 Å². The summed E-state index contributed by atoms with van der Waals surface area (Å²) in [5, 5.41) is 2.89. The van der Waals surface area contributed by atoms with Crippen LogP contribution in [0.5, 0.6) is 0 Å². The highest BCUT2D eigenvalue weighted by molar-refractivity contribution is 5.76. The average molecular weight is 250 g/mol. The molecule has 1 aromatic rings. The summed E-state index contributed by atoms with van der Waals surface area (Å²) in [6, 6.07) is 7.68. The van der Waals surface area contributed by atoms with Crippen molar-refractivity contribution in [1.29, 1.82) is 0 Å². The fourth-order valence-corrected chi connectivity index (χ4v) is 1.55. The molecule has 18 heavy (non-hydrogen) atoms. The lowest BCUT2D eigenvalue weighted by Gasteiger charge is -2.21. The molecule has 100 valence electrons. The number of hydrogen-bond donors (Lipinski definition) is 2. The molecule has 0 spiro atoms. The number of nitrogen functional groups attached to an aromatic ring is 1. The van der Waals surface area contributed by atoms with E-state index in [9.17, 15) is 4.79 Å². The maximum atomic E-state index is 11.7. The summed E-state index contributed by atoms with van der Waals surface area (Å²) in [5.74, 6) is 0.0114. The van der Waals surface area contributed by atoms with Gasteiger partial charge in [-0.2, -0.15) is 0 Å². The van der Waals surface area contributed by atoms with Crippen molar-refractivity contribution in [3.05, 3.63) is 29.8 Å². The Morgan fingerprint density at radius 3 is 2.50 bits per heavy atom. The van der Waals surface area contributed by atoms with E-state index < -0.39 is 5.60 Å². The first kappa shape index (κ1) is 14.5.